The summed E-state index contributed by atoms with van der Waals surface area (Å²) in [5.74, 6) is -0.198. The molecule has 2 aromatic carbocycles. The fraction of sp³-hybridized carbons (Fsp3) is 0.571. The zero-order chi connectivity index (χ0) is 33.0. The number of rotatable bonds is 12. The van der Waals surface area contributed by atoms with Crippen LogP contribution in [0.3, 0.4) is 0 Å². The molecule has 1 saturated carbocycles. The van der Waals surface area contributed by atoms with Crippen molar-refractivity contribution in [1.29, 1.82) is 0 Å². The topological polar surface area (TPSA) is 82.5 Å². The van der Waals surface area contributed by atoms with Crippen molar-refractivity contribution in [3.05, 3.63) is 78.4 Å². The van der Waals surface area contributed by atoms with Crippen LogP contribution in [0.15, 0.2) is 67.3 Å². The van der Waals surface area contributed by atoms with E-state index in [0.717, 1.165) is 68.2 Å². The van der Waals surface area contributed by atoms with Crippen LogP contribution < -0.4 is 4.74 Å². The molecular formula is C35H47F3N3O5+. The number of amides is 1. The third-order valence-corrected chi connectivity index (χ3v) is 10.2. The number of carbonyl (C=O) groups is 1. The molecule has 1 aliphatic carbocycles. The van der Waals surface area contributed by atoms with Crippen LogP contribution in [-0.4, -0.2) is 95.5 Å². The molecular weight excluding hydrogens is 599 g/mol. The lowest BCUT2D eigenvalue weighted by Gasteiger charge is -2.46. The first-order chi connectivity index (χ1) is 21.9. The highest BCUT2D eigenvalue weighted by Crippen LogP contribution is 2.41. The van der Waals surface area contributed by atoms with Crippen molar-refractivity contribution in [2.24, 2.45) is 11.8 Å². The Balaban J connectivity index is 1.20. The first-order valence-corrected chi connectivity index (χ1v) is 16.3. The predicted molar refractivity (Wildman–Crippen MR) is 167 cm³/mol. The van der Waals surface area contributed by atoms with Crippen LogP contribution in [0.25, 0.3) is 0 Å². The molecule has 2 aromatic rings. The van der Waals surface area contributed by atoms with Gasteiger partial charge in [0, 0.05) is 37.9 Å². The summed E-state index contributed by atoms with van der Waals surface area (Å²) in [4.78, 5) is 17.2. The average Bonchev–Trinajstić information content (AvgIpc) is 3.68. The summed E-state index contributed by atoms with van der Waals surface area (Å²) in [6.45, 7) is 7.49. The molecule has 1 unspecified atom stereocenters. The van der Waals surface area contributed by atoms with Gasteiger partial charge in [-0.2, -0.15) is 0 Å². The Morgan fingerprint density at radius 2 is 1.76 bits per heavy atom. The highest BCUT2D eigenvalue weighted by molar-refractivity contribution is 5.79. The molecule has 2 aliphatic heterocycles. The first kappa shape index (κ1) is 34.4. The van der Waals surface area contributed by atoms with Crippen molar-refractivity contribution in [1.82, 2.24) is 9.80 Å². The molecule has 3 fully saturated rings. The van der Waals surface area contributed by atoms with Gasteiger partial charge in [-0.1, -0.05) is 61.4 Å². The second-order valence-electron chi connectivity index (χ2n) is 13.5. The van der Waals surface area contributed by atoms with Crippen molar-refractivity contribution in [2.75, 3.05) is 46.3 Å². The molecule has 3 aliphatic rings. The summed E-state index contributed by atoms with van der Waals surface area (Å²) in [6.07, 6.45) is 1.34. The minimum absolute atomic E-state index is 0.0113. The number of hydrogen-bond acceptors (Lipinski definition) is 6. The van der Waals surface area contributed by atoms with E-state index in [1.54, 1.807) is 6.08 Å². The van der Waals surface area contributed by atoms with Crippen molar-refractivity contribution < 1.29 is 42.1 Å². The van der Waals surface area contributed by atoms with E-state index in [1.165, 1.54) is 24.3 Å². The molecule has 0 bridgehead atoms. The van der Waals surface area contributed by atoms with Gasteiger partial charge in [0.25, 0.3) is 0 Å². The van der Waals surface area contributed by atoms with E-state index in [9.17, 15) is 28.2 Å². The maximum atomic E-state index is 13.5. The van der Waals surface area contributed by atoms with E-state index in [1.807, 2.05) is 40.1 Å². The van der Waals surface area contributed by atoms with Crippen LogP contribution in [-0.2, 0) is 21.7 Å². The van der Waals surface area contributed by atoms with E-state index < -0.39 is 18.4 Å². The lowest BCUT2D eigenvalue weighted by atomic mass is 9.82. The van der Waals surface area contributed by atoms with E-state index >= 15 is 0 Å². The lowest BCUT2D eigenvalue weighted by Crippen LogP contribution is -2.59. The fourth-order valence-corrected chi connectivity index (χ4v) is 7.61. The fourth-order valence-electron chi connectivity index (χ4n) is 7.61. The van der Waals surface area contributed by atoms with Crippen molar-refractivity contribution in [3.8, 4) is 5.75 Å². The Bertz CT molecular complexity index is 1300. The van der Waals surface area contributed by atoms with Gasteiger partial charge in [0.2, 0.25) is 12.3 Å². The molecule has 5 rings (SSSR count). The molecule has 2 saturated heterocycles. The van der Waals surface area contributed by atoms with Crippen LogP contribution in [0, 0.1) is 11.8 Å². The largest absolute Gasteiger partial charge is 0.573 e. The van der Waals surface area contributed by atoms with Crippen molar-refractivity contribution in [2.45, 2.75) is 69.6 Å². The predicted octanol–water partition coefficient (Wildman–Crippen LogP) is 5.01. The molecule has 1 amide bonds. The summed E-state index contributed by atoms with van der Waals surface area (Å²) >= 11 is 0. The van der Waals surface area contributed by atoms with Gasteiger partial charge >= 0.3 is 6.36 Å². The third-order valence-electron chi connectivity index (χ3n) is 10.2. The maximum Gasteiger partial charge on any atom is 0.573 e. The van der Waals surface area contributed by atoms with Crippen molar-refractivity contribution >= 4 is 5.91 Å². The van der Waals surface area contributed by atoms with Crippen molar-refractivity contribution in [3.63, 3.8) is 0 Å². The van der Waals surface area contributed by atoms with Gasteiger partial charge in [0.1, 0.15) is 11.4 Å². The number of aliphatic hydroxyl groups is 2. The number of quaternary nitrogens is 1. The van der Waals surface area contributed by atoms with Crippen LogP contribution in [0.5, 0.6) is 5.75 Å². The quantitative estimate of drug-likeness (QED) is 0.192. The number of ether oxygens (including phenoxy) is 2. The van der Waals surface area contributed by atoms with E-state index in [2.05, 4.69) is 18.4 Å². The van der Waals surface area contributed by atoms with Crippen LogP contribution in [0.4, 0.5) is 13.2 Å². The Morgan fingerprint density at radius 1 is 1.11 bits per heavy atom. The number of β-amino-alcohol motifs (C(OH)–C–C–N with tert-alkyl or cyclic N) is 1. The molecule has 2 N–H and O–H groups in total. The highest BCUT2D eigenvalue weighted by Gasteiger charge is 2.52. The Labute approximate surface area is 269 Å². The van der Waals surface area contributed by atoms with Crippen LogP contribution in [0.1, 0.15) is 49.7 Å². The third kappa shape index (κ3) is 8.30. The zero-order valence-electron chi connectivity index (χ0n) is 26.6. The standard InChI is InChI=1S/C35H47F3N3O5/c1-3-19-40(33(43)45-24-26-13-15-31(16-14-26)46-35(36,37)38)30-17-20-41(2,21-18-30)23-29-22-39(32(42)27-9-7-8-10-27)25-34(29,44)28-11-5-4-6-12-28/h3-6,11-16,27,29-30,33,43-44H,1,7-10,17-25H2,2H3/q+1/t29-,30?,33?,34+,41?/m1/s1. The summed E-state index contributed by atoms with van der Waals surface area (Å²) in [7, 11) is 2.21. The number of alkyl halides is 3. The molecule has 8 nitrogen and oxygen atoms in total. The number of nitrogens with zero attached hydrogens (tertiary/aromatic N) is 3. The molecule has 11 heteroatoms. The minimum atomic E-state index is -4.76. The molecule has 0 radical (unpaired) electrons. The van der Waals surface area contributed by atoms with Gasteiger partial charge < -0.3 is 29.1 Å². The average molecular weight is 647 g/mol. The van der Waals surface area contributed by atoms with E-state index in [4.69, 9.17) is 4.74 Å². The molecule has 2 heterocycles. The number of hydrogen-bond donors (Lipinski definition) is 2. The van der Waals surface area contributed by atoms with Crippen LogP contribution >= 0.6 is 0 Å². The SMILES string of the molecule is C=CCN(C1CC[N+](C)(C[C@H]2CN(C(=O)C3CCCC3)C[C@]2(O)c2ccccc2)CC1)C(O)OCc1ccc(OC(F)(F)F)cc1. The number of piperidine rings is 1. The summed E-state index contributed by atoms with van der Waals surface area (Å²) in [5, 5.41) is 23.2. The highest BCUT2D eigenvalue weighted by atomic mass is 19.4. The molecule has 0 spiro atoms. The lowest BCUT2D eigenvalue weighted by molar-refractivity contribution is -0.918. The smallest absolute Gasteiger partial charge is 0.406 e. The second-order valence-corrected chi connectivity index (χ2v) is 13.5. The van der Waals surface area contributed by atoms with Gasteiger partial charge in [0.05, 0.1) is 45.8 Å². The Morgan fingerprint density at radius 3 is 2.37 bits per heavy atom. The van der Waals surface area contributed by atoms with Gasteiger partial charge in [-0.05, 0) is 36.1 Å². The normalized spacial score (nSPS) is 28.0. The molecule has 0 aromatic heterocycles. The Hall–Kier alpha value is -2.96. The summed E-state index contributed by atoms with van der Waals surface area (Å²) in [5.41, 5.74) is 0.329. The van der Waals surface area contributed by atoms with Gasteiger partial charge in [-0.3, -0.25) is 4.79 Å². The summed E-state index contributed by atoms with van der Waals surface area (Å²) < 4.78 is 47.8. The number of carbonyl (C=O) groups excluding carboxylic acids is 1. The van der Waals surface area contributed by atoms with E-state index in [0.29, 0.717) is 25.2 Å². The molecule has 252 valence electrons. The number of benzene rings is 2. The minimum Gasteiger partial charge on any atom is -0.406 e. The van der Waals surface area contributed by atoms with E-state index in [-0.39, 0.29) is 36.1 Å². The Kier molecular flexibility index (Phi) is 10.8. The second kappa shape index (κ2) is 14.4. The number of likely N-dealkylation sites (tertiary alicyclic amines) is 2. The molecule has 46 heavy (non-hydrogen) atoms. The van der Waals surface area contributed by atoms with Gasteiger partial charge in [0.15, 0.2) is 0 Å². The first-order valence-electron chi connectivity index (χ1n) is 16.3. The number of aliphatic hydroxyl groups excluding tert-OH is 1. The maximum absolute atomic E-state index is 13.5. The zero-order valence-corrected chi connectivity index (χ0v) is 26.6. The number of halogens is 3. The van der Waals surface area contributed by atoms with Gasteiger partial charge in [-0.25, -0.2) is 4.90 Å². The van der Waals surface area contributed by atoms with Crippen LogP contribution in [0.2, 0.25) is 0 Å². The monoisotopic (exact) mass is 646 g/mol. The molecule has 3 atom stereocenters. The van der Waals surface area contributed by atoms with Gasteiger partial charge in [-0.15, -0.1) is 19.8 Å². The summed E-state index contributed by atoms with van der Waals surface area (Å²) in [6, 6.07) is 15.1.